The second-order valence-corrected chi connectivity index (χ2v) is 5.71. The van der Waals surface area contributed by atoms with Crippen LogP contribution in [-0.2, 0) is 9.53 Å². The predicted molar refractivity (Wildman–Crippen MR) is 70.4 cm³/mol. The molecule has 4 heteroatoms. The molecule has 1 N–H and O–H groups in total. The highest BCUT2D eigenvalue weighted by molar-refractivity contribution is 5.73. The average Bonchev–Trinajstić information content (AvgIpc) is 2.36. The second kappa shape index (κ2) is 6.76. The lowest BCUT2D eigenvalue weighted by Crippen LogP contribution is -2.45. The first-order valence-electron chi connectivity index (χ1n) is 6.93. The molecular weight excluding hydrogens is 230 g/mol. The molecule has 4 nitrogen and oxygen atoms in total. The van der Waals surface area contributed by atoms with Gasteiger partial charge >= 0.3 is 6.09 Å². The molecule has 0 bridgehead atoms. The first kappa shape index (κ1) is 15.0. The molecule has 1 rings (SSSR count). The normalized spacial score (nSPS) is 19.1. The number of aldehydes is 1. The first-order chi connectivity index (χ1) is 8.48. The molecule has 18 heavy (non-hydrogen) atoms. The molecule has 0 heterocycles. The summed E-state index contributed by atoms with van der Waals surface area (Å²) in [5.41, 5.74) is -0.482. The van der Waals surface area contributed by atoms with E-state index in [4.69, 9.17) is 4.74 Å². The van der Waals surface area contributed by atoms with Gasteiger partial charge in [-0.1, -0.05) is 26.2 Å². The van der Waals surface area contributed by atoms with E-state index in [2.05, 4.69) is 5.32 Å². The van der Waals surface area contributed by atoms with Gasteiger partial charge < -0.3 is 14.8 Å². The molecule has 0 aromatic rings. The molecular formula is C14H25NO3. The molecule has 0 spiro atoms. The van der Waals surface area contributed by atoms with Gasteiger partial charge in [0.1, 0.15) is 11.9 Å². The maximum atomic E-state index is 11.7. The minimum absolute atomic E-state index is 0.272. The molecule has 1 atom stereocenters. The Hall–Kier alpha value is -1.06. The molecule has 0 radical (unpaired) electrons. The van der Waals surface area contributed by atoms with Gasteiger partial charge in [-0.2, -0.15) is 0 Å². The summed E-state index contributed by atoms with van der Waals surface area (Å²) in [7, 11) is 0. The van der Waals surface area contributed by atoms with E-state index in [1.54, 1.807) is 0 Å². The molecule has 0 aromatic heterocycles. The molecule has 0 aromatic carbocycles. The molecule has 0 aliphatic heterocycles. The number of carbonyl (C=O) groups excluding carboxylic acids is 2. The number of ether oxygens (including phenoxy) is 1. The van der Waals surface area contributed by atoms with Crippen LogP contribution in [0.15, 0.2) is 0 Å². The fourth-order valence-electron chi connectivity index (χ4n) is 2.24. The van der Waals surface area contributed by atoms with E-state index in [0.29, 0.717) is 0 Å². The van der Waals surface area contributed by atoms with Gasteiger partial charge in [-0.25, -0.2) is 4.79 Å². The van der Waals surface area contributed by atoms with Crippen molar-refractivity contribution in [2.45, 2.75) is 70.9 Å². The number of rotatable bonds is 5. The van der Waals surface area contributed by atoms with Crippen molar-refractivity contribution < 1.29 is 14.3 Å². The van der Waals surface area contributed by atoms with Crippen molar-refractivity contribution >= 4 is 12.4 Å². The molecule has 0 saturated heterocycles. The lowest BCUT2D eigenvalue weighted by Gasteiger charge is -2.29. The van der Waals surface area contributed by atoms with Gasteiger partial charge in [-0.15, -0.1) is 0 Å². The monoisotopic (exact) mass is 255 g/mol. The van der Waals surface area contributed by atoms with Crippen LogP contribution in [0, 0.1) is 5.92 Å². The molecule has 1 saturated carbocycles. The highest BCUT2D eigenvalue weighted by atomic mass is 16.6. The molecule has 1 aliphatic rings. The fraction of sp³-hybridized carbons (Fsp3) is 0.857. The SMILES string of the molecule is CCC(C)(C)OC(=O)NC(C=O)C1CCCCC1. The average molecular weight is 255 g/mol. The van der Waals surface area contributed by atoms with Gasteiger partial charge in [0.25, 0.3) is 0 Å². The zero-order chi connectivity index (χ0) is 13.6. The van der Waals surface area contributed by atoms with Gasteiger partial charge in [0, 0.05) is 0 Å². The Morgan fingerprint density at radius 2 is 2.00 bits per heavy atom. The third kappa shape index (κ3) is 4.67. The maximum Gasteiger partial charge on any atom is 0.408 e. The second-order valence-electron chi connectivity index (χ2n) is 5.71. The van der Waals surface area contributed by atoms with Crippen LogP contribution in [0.4, 0.5) is 4.79 Å². The number of hydrogen-bond donors (Lipinski definition) is 1. The number of carbonyl (C=O) groups is 2. The van der Waals surface area contributed by atoms with Gasteiger partial charge in [-0.05, 0) is 39.0 Å². The van der Waals surface area contributed by atoms with Crippen LogP contribution in [-0.4, -0.2) is 24.0 Å². The smallest absolute Gasteiger partial charge is 0.408 e. The van der Waals surface area contributed by atoms with Gasteiger partial charge in [0.2, 0.25) is 0 Å². The Kier molecular flexibility index (Phi) is 5.63. The summed E-state index contributed by atoms with van der Waals surface area (Å²) in [5, 5.41) is 2.70. The molecule has 1 fully saturated rings. The summed E-state index contributed by atoms with van der Waals surface area (Å²) >= 11 is 0. The Balaban J connectivity index is 2.47. The van der Waals surface area contributed by atoms with E-state index in [1.807, 2.05) is 20.8 Å². The minimum atomic E-state index is -0.482. The Morgan fingerprint density at radius 3 is 2.50 bits per heavy atom. The van der Waals surface area contributed by atoms with Crippen molar-refractivity contribution in [3.8, 4) is 0 Å². The maximum absolute atomic E-state index is 11.7. The highest BCUT2D eigenvalue weighted by Gasteiger charge is 2.27. The summed E-state index contributed by atoms with van der Waals surface area (Å²) in [4.78, 5) is 22.8. The largest absolute Gasteiger partial charge is 0.444 e. The third-order valence-corrected chi connectivity index (χ3v) is 3.81. The molecule has 1 aliphatic carbocycles. The van der Waals surface area contributed by atoms with Gasteiger partial charge in [0.15, 0.2) is 0 Å². The lowest BCUT2D eigenvalue weighted by molar-refractivity contribution is -0.111. The summed E-state index contributed by atoms with van der Waals surface area (Å²) < 4.78 is 5.30. The molecule has 1 amide bonds. The Bertz CT molecular complexity index is 283. The Morgan fingerprint density at radius 1 is 1.39 bits per heavy atom. The van der Waals surface area contributed by atoms with E-state index < -0.39 is 17.7 Å². The van der Waals surface area contributed by atoms with Crippen molar-refractivity contribution in [2.75, 3.05) is 0 Å². The van der Waals surface area contributed by atoms with Crippen LogP contribution in [0.5, 0.6) is 0 Å². The fourth-order valence-corrected chi connectivity index (χ4v) is 2.24. The van der Waals surface area contributed by atoms with E-state index >= 15 is 0 Å². The van der Waals surface area contributed by atoms with E-state index in [1.165, 1.54) is 6.42 Å². The van der Waals surface area contributed by atoms with Crippen molar-refractivity contribution in [1.29, 1.82) is 0 Å². The van der Waals surface area contributed by atoms with Crippen LogP contribution < -0.4 is 5.32 Å². The van der Waals surface area contributed by atoms with E-state index in [0.717, 1.165) is 38.4 Å². The Labute approximate surface area is 109 Å². The number of hydrogen-bond acceptors (Lipinski definition) is 3. The van der Waals surface area contributed by atoms with Gasteiger partial charge in [0.05, 0.1) is 6.04 Å². The van der Waals surface area contributed by atoms with Crippen LogP contribution in [0.25, 0.3) is 0 Å². The zero-order valence-electron chi connectivity index (χ0n) is 11.7. The first-order valence-corrected chi connectivity index (χ1v) is 6.93. The minimum Gasteiger partial charge on any atom is -0.444 e. The van der Waals surface area contributed by atoms with Crippen molar-refractivity contribution in [2.24, 2.45) is 5.92 Å². The summed E-state index contributed by atoms with van der Waals surface area (Å²) in [6, 6.07) is -0.398. The number of nitrogens with one attached hydrogen (secondary N) is 1. The van der Waals surface area contributed by atoms with Crippen LogP contribution in [0.3, 0.4) is 0 Å². The van der Waals surface area contributed by atoms with Crippen molar-refractivity contribution in [3.63, 3.8) is 0 Å². The van der Waals surface area contributed by atoms with Crippen LogP contribution >= 0.6 is 0 Å². The highest BCUT2D eigenvalue weighted by Crippen LogP contribution is 2.26. The third-order valence-electron chi connectivity index (χ3n) is 3.81. The standard InChI is InChI=1S/C14H25NO3/c1-4-14(2,3)18-13(17)15-12(10-16)11-8-6-5-7-9-11/h10-12H,4-9H2,1-3H3,(H,15,17). The summed E-state index contributed by atoms with van der Waals surface area (Å²) in [6.45, 7) is 5.69. The van der Waals surface area contributed by atoms with Gasteiger partial charge in [-0.3, -0.25) is 0 Å². The van der Waals surface area contributed by atoms with Crippen LogP contribution in [0.2, 0.25) is 0 Å². The number of alkyl carbamates (subject to hydrolysis) is 1. The number of amides is 1. The molecule has 1 unspecified atom stereocenters. The summed E-state index contributed by atoms with van der Waals surface area (Å²) in [5.74, 6) is 0.272. The summed E-state index contributed by atoms with van der Waals surface area (Å²) in [6.07, 6.45) is 6.66. The van der Waals surface area contributed by atoms with E-state index in [9.17, 15) is 9.59 Å². The molecule has 104 valence electrons. The van der Waals surface area contributed by atoms with Crippen LogP contribution in [0.1, 0.15) is 59.3 Å². The predicted octanol–water partition coefficient (Wildman–Crippen LogP) is 3.05. The lowest BCUT2D eigenvalue weighted by atomic mass is 9.84. The van der Waals surface area contributed by atoms with E-state index in [-0.39, 0.29) is 5.92 Å². The topological polar surface area (TPSA) is 55.4 Å². The zero-order valence-corrected chi connectivity index (χ0v) is 11.7. The van der Waals surface area contributed by atoms with Crippen molar-refractivity contribution in [3.05, 3.63) is 0 Å². The van der Waals surface area contributed by atoms with Crippen molar-refractivity contribution in [1.82, 2.24) is 5.32 Å². The quantitative estimate of drug-likeness (QED) is 0.768.